The summed E-state index contributed by atoms with van der Waals surface area (Å²) in [5.74, 6) is -0.472. The van der Waals surface area contributed by atoms with Crippen LogP contribution in [-0.2, 0) is 9.59 Å². The molecule has 0 spiro atoms. The molecule has 1 aliphatic heterocycles. The Morgan fingerprint density at radius 1 is 0.939 bits per heavy atom. The van der Waals surface area contributed by atoms with E-state index in [4.69, 9.17) is 9.84 Å². The van der Waals surface area contributed by atoms with Gasteiger partial charge < -0.3 is 14.7 Å². The van der Waals surface area contributed by atoms with Crippen molar-refractivity contribution >= 4 is 23.7 Å². The summed E-state index contributed by atoms with van der Waals surface area (Å²) in [5.41, 5.74) is 1.73. The van der Waals surface area contributed by atoms with Crippen molar-refractivity contribution in [2.75, 3.05) is 4.90 Å². The molecule has 2 aliphatic carbocycles. The molecule has 2 amide bonds. The first kappa shape index (κ1) is 21.5. The number of anilines is 1. The maximum atomic E-state index is 13.4. The van der Waals surface area contributed by atoms with E-state index in [1.807, 2.05) is 47.4 Å². The zero-order valence-corrected chi connectivity index (χ0v) is 18.4. The summed E-state index contributed by atoms with van der Waals surface area (Å²) >= 11 is 0. The molecule has 0 aromatic heterocycles. The quantitative estimate of drug-likeness (QED) is 0.688. The van der Waals surface area contributed by atoms with Gasteiger partial charge in [0.15, 0.2) is 0 Å². The van der Waals surface area contributed by atoms with Crippen LogP contribution in [0.2, 0.25) is 0 Å². The smallest absolute Gasteiger partial charge is 0.420 e. The maximum absolute atomic E-state index is 13.4. The highest BCUT2D eigenvalue weighted by Gasteiger charge is 2.51. The normalized spacial score (nSPS) is 23.4. The van der Waals surface area contributed by atoms with Crippen molar-refractivity contribution in [3.05, 3.63) is 60.2 Å². The number of amides is 2. The molecule has 5 rings (SSSR count). The molecule has 2 aromatic carbocycles. The molecule has 2 fully saturated rings. The van der Waals surface area contributed by atoms with E-state index in [-0.39, 0.29) is 42.8 Å². The van der Waals surface area contributed by atoms with Crippen LogP contribution in [0.4, 0.5) is 10.5 Å². The predicted octanol–water partition coefficient (Wildman–Crippen LogP) is 4.77. The number of carbonyl (C=O) groups is 3. The lowest BCUT2D eigenvalue weighted by Crippen LogP contribution is -2.53. The highest BCUT2D eigenvalue weighted by molar-refractivity contribution is 5.92. The average Bonchev–Trinajstić information content (AvgIpc) is 3.53. The van der Waals surface area contributed by atoms with Gasteiger partial charge in [0.2, 0.25) is 5.91 Å². The second-order valence-corrected chi connectivity index (χ2v) is 9.14. The minimum Gasteiger partial charge on any atom is -0.481 e. The minimum absolute atomic E-state index is 0.00164. The van der Waals surface area contributed by atoms with Crippen LogP contribution in [0.15, 0.2) is 54.6 Å². The molecule has 2 saturated carbocycles. The maximum Gasteiger partial charge on any atom is 0.420 e. The number of rotatable bonds is 6. The van der Waals surface area contributed by atoms with Crippen molar-refractivity contribution in [2.24, 2.45) is 5.92 Å². The fourth-order valence-electron chi connectivity index (χ4n) is 5.53. The molecule has 0 bridgehead atoms. The van der Waals surface area contributed by atoms with Gasteiger partial charge in [-0.1, -0.05) is 42.8 Å². The van der Waals surface area contributed by atoms with E-state index in [9.17, 15) is 14.4 Å². The molecule has 3 aliphatic rings. The average molecular weight is 449 g/mol. The first-order valence-corrected chi connectivity index (χ1v) is 11.7. The van der Waals surface area contributed by atoms with E-state index in [0.29, 0.717) is 5.75 Å². The fourth-order valence-corrected chi connectivity index (χ4v) is 5.53. The van der Waals surface area contributed by atoms with Crippen LogP contribution in [0.1, 0.15) is 56.6 Å². The van der Waals surface area contributed by atoms with Crippen molar-refractivity contribution in [3.63, 3.8) is 0 Å². The van der Waals surface area contributed by atoms with Gasteiger partial charge in [-0.05, 0) is 49.4 Å². The zero-order chi connectivity index (χ0) is 22.9. The highest BCUT2D eigenvalue weighted by atomic mass is 16.6. The lowest BCUT2D eigenvalue weighted by atomic mass is 9.81. The molecule has 7 heteroatoms. The van der Waals surface area contributed by atoms with Gasteiger partial charge in [0.25, 0.3) is 0 Å². The molecule has 3 atom stereocenters. The Morgan fingerprint density at radius 3 is 2.39 bits per heavy atom. The second kappa shape index (κ2) is 8.89. The number of nitrogens with zero attached hydrogens (tertiary/aromatic N) is 2. The van der Waals surface area contributed by atoms with E-state index in [1.165, 1.54) is 0 Å². The number of fused-ring (bicyclic) bond motifs is 2. The Bertz CT molecular complexity index is 1050. The van der Waals surface area contributed by atoms with E-state index in [2.05, 4.69) is 0 Å². The van der Waals surface area contributed by atoms with Crippen LogP contribution in [0.5, 0.6) is 5.75 Å². The van der Waals surface area contributed by atoms with Crippen LogP contribution in [-0.4, -0.2) is 40.1 Å². The van der Waals surface area contributed by atoms with Gasteiger partial charge in [0.05, 0.1) is 18.2 Å². The second-order valence-electron chi connectivity index (χ2n) is 9.14. The minimum atomic E-state index is -0.961. The van der Waals surface area contributed by atoms with Crippen molar-refractivity contribution < 1.29 is 24.2 Å². The largest absolute Gasteiger partial charge is 0.481 e. The van der Waals surface area contributed by atoms with Crippen LogP contribution in [0.25, 0.3) is 0 Å². The first-order valence-electron chi connectivity index (χ1n) is 11.7. The third kappa shape index (κ3) is 4.19. The van der Waals surface area contributed by atoms with Gasteiger partial charge in [-0.25, -0.2) is 4.79 Å². The highest BCUT2D eigenvalue weighted by Crippen LogP contribution is 2.52. The SMILES string of the molecule is O=C(O)CCC(=O)N(C1CC1)C1c2ccccc2N(C(=O)Oc2ccccc2)C2CCCC21. The third-order valence-corrected chi connectivity index (χ3v) is 7.01. The molecule has 7 nitrogen and oxygen atoms in total. The molecular formula is C26H28N2O5. The number of ether oxygens (including phenoxy) is 1. The number of benzene rings is 2. The van der Waals surface area contributed by atoms with Gasteiger partial charge in [0.1, 0.15) is 5.75 Å². The van der Waals surface area contributed by atoms with E-state index in [0.717, 1.165) is 43.4 Å². The Hall–Kier alpha value is -3.35. The molecule has 3 unspecified atom stereocenters. The Balaban J connectivity index is 1.51. The summed E-state index contributed by atoms with van der Waals surface area (Å²) < 4.78 is 5.73. The number of aliphatic carboxylic acids is 1. The molecule has 1 N–H and O–H groups in total. The predicted molar refractivity (Wildman–Crippen MR) is 122 cm³/mol. The lowest BCUT2D eigenvalue weighted by molar-refractivity contribution is -0.142. The number of hydrogen-bond donors (Lipinski definition) is 1. The third-order valence-electron chi connectivity index (χ3n) is 7.01. The number of para-hydroxylation sites is 2. The van der Waals surface area contributed by atoms with Crippen LogP contribution >= 0.6 is 0 Å². The molecular weight excluding hydrogens is 420 g/mol. The number of carboxylic acids is 1. The Morgan fingerprint density at radius 2 is 1.67 bits per heavy atom. The summed E-state index contributed by atoms with van der Waals surface area (Å²) in [6.07, 6.45) is 4.04. The van der Waals surface area contributed by atoms with Gasteiger partial charge in [-0.15, -0.1) is 0 Å². The fraction of sp³-hybridized carbons (Fsp3) is 0.423. The lowest BCUT2D eigenvalue weighted by Gasteiger charge is -2.47. The van der Waals surface area contributed by atoms with E-state index >= 15 is 0 Å². The number of hydrogen-bond acceptors (Lipinski definition) is 4. The van der Waals surface area contributed by atoms with Crippen molar-refractivity contribution in [1.29, 1.82) is 0 Å². The molecule has 0 saturated heterocycles. The Labute approximate surface area is 192 Å². The van der Waals surface area contributed by atoms with E-state index in [1.54, 1.807) is 17.0 Å². The summed E-state index contributed by atoms with van der Waals surface area (Å²) in [6, 6.07) is 16.8. The van der Waals surface area contributed by atoms with Gasteiger partial charge >= 0.3 is 12.1 Å². The molecule has 0 radical (unpaired) electrons. The van der Waals surface area contributed by atoms with Gasteiger partial charge in [0, 0.05) is 24.4 Å². The van der Waals surface area contributed by atoms with Crippen molar-refractivity contribution in [3.8, 4) is 5.75 Å². The van der Waals surface area contributed by atoms with Crippen LogP contribution in [0, 0.1) is 5.92 Å². The summed E-state index contributed by atoms with van der Waals surface area (Å²) in [6.45, 7) is 0. The van der Waals surface area contributed by atoms with Crippen molar-refractivity contribution in [2.45, 2.75) is 63.1 Å². The topological polar surface area (TPSA) is 87.2 Å². The molecule has 2 aromatic rings. The molecule has 1 heterocycles. The number of carboxylic acid groups (broad SMARTS) is 1. The molecule has 172 valence electrons. The summed E-state index contributed by atoms with van der Waals surface area (Å²) in [5, 5.41) is 9.10. The first-order chi connectivity index (χ1) is 16.0. The molecule has 33 heavy (non-hydrogen) atoms. The van der Waals surface area contributed by atoms with Gasteiger partial charge in [-0.2, -0.15) is 0 Å². The van der Waals surface area contributed by atoms with Crippen molar-refractivity contribution in [1.82, 2.24) is 4.90 Å². The summed E-state index contributed by atoms with van der Waals surface area (Å²) in [4.78, 5) is 41.4. The monoisotopic (exact) mass is 448 g/mol. The van der Waals surface area contributed by atoms with Gasteiger partial charge in [-0.3, -0.25) is 14.5 Å². The number of carbonyl (C=O) groups excluding carboxylic acids is 2. The zero-order valence-electron chi connectivity index (χ0n) is 18.4. The van der Waals surface area contributed by atoms with E-state index < -0.39 is 12.1 Å². The standard InChI is InChI=1S/C26H28N2O5/c29-23(15-16-24(30)31)27(17-13-14-17)25-19-9-4-5-11-21(19)28(22-12-6-10-20(22)25)26(32)33-18-7-2-1-3-8-18/h1-5,7-9,11,17,20,22,25H,6,10,12-16H2,(H,30,31). The Kier molecular flexibility index (Phi) is 5.79. The van der Waals surface area contributed by atoms with Crippen LogP contribution in [0.3, 0.4) is 0 Å². The van der Waals surface area contributed by atoms with Crippen LogP contribution < -0.4 is 9.64 Å². The summed E-state index contributed by atoms with van der Waals surface area (Å²) in [7, 11) is 0.